The molecule has 0 saturated carbocycles. The predicted molar refractivity (Wildman–Crippen MR) is 75.0 cm³/mol. The molecule has 0 bridgehead atoms. The number of hydrogen-bond acceptors (Lipinski definition) is 2. The number of benzene rings is 1. The summed E-state index contributed by atoms with van der Waals surface area (Å²) in [4.78, 5) is 11.5. The van der Waals surface area contributed by atoms with Gasteiger partial charge in [-0.05, 0) is 50.3 Å². The van der Waals surface area contributed by atoms with Gasteiger partial charge in [0, 0.05) is 5.69 Å². The number of carboxylic acid groups (broad SMARTS) is 1. The van der Waals surface area contributed by atoms with Gasteiger partial charge in [0.15, 0.2) is 0 Å². The lowest BCUT2D eigenvalue weighted by Gasteiger charge is -2.30. The van der Waals surface area contributed by atoms with E-state index in [-0.39, 0.29) is 0 Å². The molecule has 1 rings (SSSR count). The van der Waals surface area contributed by atoms with Crippen LogP contribution in [0.15, 0.2) is 18.2 Å². The van der Waals surface area contributed by atoms with Crippen LogP contribution in [-0.4, -0.2) is 16.6 Å². The highest BCUT2D eigenvalue weighted by molar-refractivity contribution is 5.82. The highest BCUT2D eigenvalue weighted by atomic mass is 16.4. The van der Waals surface area contributed by atoms with Crippen molar-refractivity contribution in [1.29, 1.82) is 0 Å². The van der Waals surface area contributed by atoms with E-state index in [1.807, 2.05) is 45.9 Å². The maximum absolute atomic E-state index is 11.5. The molecule has 0 aliphatic heterocycles. The number of anilines is 1. The van der Waals surface area contributed by atoms with Gasteiger partial charge in [-0.15, -0.1) is 0 Å². The van der Waals surface area contributed by atoms with Gasteiger partial charge in [0.1, 0.15) is 5.54 Å². The lowest BCUT2D eigenvalue weighted by atomic mass is 9.90. The van der Waals surface area contributed by atoms with Crippen molar-refractivity contribution in [1.82, 2.24) is 0 Å². The Bertz CT molecular complexity index is 440. The van der Waals surface area contributed by atoms with Gasteiger partial charge in [0.25, 0.3) is 0 Å². The van der Waals surface area contributed by atoms with Crippen molar-refractivity contribution in [2.45, 2.75) is 46.6 Å². The molecular weight excluding hydrogens is 226 g/mol. The van der Waals surface area contributed by atoms with Crippen molar-refractivity contribution in [2.24, 2.45) is 5.92 Å². The van der Waals surface area contributed by atoms with Crippen molar-refractivity contribution < 1.29 is 9.90 Å². The fourth-order valence-corrected chi connectivity index (χ4v) is 2.18. The van der Waals surface area contributed by atoms with Crippen molar-refractivity contribution in [3.63, 3.8) is 0 Å². The van der Waals surface area contributed by atoms with E-state index in [2.05, 4.69) is 5.32 Å². The predicted octanol–water partition coefficient (Wildman–Crippen LogP) is 3.60. The van der Waals surface area contributed by atoms with E-state index in [4.69, 9.17) is 0 Å². The van der Waals surface area contributed by atoms with Crippen molar-refractivity contribution in [3.8, 4) is 0 Å². The molecule has 0 aliphatic rings. The normalized spacial score (nSPS) is 14.3. The first-order valence-electron chi connectivity index (χ1n) is 6.33. The topological polar surface area (TPSA) is 49.3 Å². The van der Waals surface area contributed by atoms with Crippen molar-refractivity contribution in [2.75, 3.05) is 5.32 Å². The van der Waals surface area contributed by atoms with Gasteiger partial charge in [-0.25, -0.2) is 4.79 Å². The molecule has 0 saturated heterocycles. The molecule has 0 spiro atoms. The number of hydrogen-bond donors (Lipinski definition) is 2. The molecule has 0 fully saturated rings. The molecule has 1 aromatic carbocycles. The van der Waals surface area contributed by atoms with Crippen LogP contribution < -0.4 is 5.32 Å². The van der Waals surface area contributed by atoms with Crippen LogP contribution in [0.4, 0.5) is 5.69 Å². The molecule has 0 amide bonds. The zero-order chi connectivity index (χ0) is 13.9. The summed E-state index contributed by atoms with van der Waals surface area (Å²) in [5.74, 6) is -0.485. The zero-order valence-electron chi connectivity index (χ0n) is 11.9. The Kier molecular flexibility index (Phi) is 4.38. The van der Waals surface area contributed by atoms with Crippen molar-refractivity contribution >= 4 is 11.7 Å². The Balaban J connectivity index is 3.03. The second-order valence-corrected chi connectivity index (χ2v) is 5.68. The standard InChI is InChI=1S/C15H23NO2/c1-10(2)9-15(5,14(17)18)16-13-8-11(3)6-7-12(13)4/h6-8,10,16H,9H2,1-5H3,(H,17,18). The number of carboxylic acids is 1. The molecule has 3 nitrogen and oxygen atoms in total. The summed E-state index contributed by atoms with van der Waals surface area (Å²) < 4.78 is 0. The number of carbonyl (C=O) groups is 1. The zero-order valence-corrected chi connectivity index (χ0v) is 11.9. The van der Waals surface area contributed by atoms with Gasteiger partial charge in [-0.1, -0.05) is 26.0 Å². The molecule has 1 aromatic rings. The van der Waals surface area contributed by atoms with Crippen LogP contribution in [0.5, 0.6) is 0 Å². The minimum Gasteiger partial charge on any atom is -0.480 e. The van der Waals surface area contributed by atoms with Crippen molar-refractivity contribution in [3.05, 3.63) is 29.3 Å². The van der Waals surface area contributed by atoms with Gasteiger partial charge >= 0.3 is 5.97 Å². The third-order valence-electron chi connectivity index (χ3n) is 3.09. The summed E-state index contributed by atoms with van der Waals surface area (Å²) >= 11 is 0. The lowest BCUT2D eigenvalue weighted by Crippen LogP contribution is -2.44. The van der Waals surface area contributed by atoms with E-state index in [9.17, 15) is 9.90 Å². The van der Waals surface area contributed by atoms with Crippen LogP contribution in [0, 0.1) is 19.8 Å². The second-order valence-electron chi connectivity index (χ2n) is 5.68. The molecule has 1 atom stereocenters. The maximum Gasteiger partial charge on any atom is 0.329 e. The van der Waals surface area contributed by atoms with E-state index >= 15 is 0 Å². The van der Waals surface area contributed by atoms with Gasteiger partial charge in [0.2, 0.25) is 0 Å². The van der Waals surface area contributed by atoms with Crippen LogP contribution in [0.1, 0.15) is 38.3 Å². The summed E-state index contributed by atoms with van der Waals surface area (Å²) in [6.45, 7) is 9.81. The molecule has 1 unspecified atom stereocenters. The Morgan fingerprint density at radius 1 is 1.39 bits per heavy atom. The first-order valence-corrected chi connectivity index (χ1v) is 6.33. The highest BCUT2D eigenvalue weighted by Crippen LogP contribution is 2.26. The van der Waals surface area contributed by atoms with Crippen LogP contribution in [0.3, 0.4) is 0 Å². The summed E-state index contributed by atoms with van der Waals surface area (Å²) in [6, 6.07) is 6.03. The molecule has 0 radical (unpaired) electrons. The fraction of sp³-hybridized carbons (Fsp3) is 0.533. The number of aryl methyl sites for hydroxylation is 2. The number of aliphatic carboxylic acids is 1. The maximum atomic E-state index is 11.5. The van der Waals surface area contributed by atoms with E-state index < -0.39 is 11.5 Å². The Morgan fingerprint density at radius 3 is 2.50 bits per heavy atom. The highest BCUT2D eigenvalue weighted by Gasteiger charge is 2.34. The van der Waals surface area contributed by atoms with E-state index in [1.165, 1.54) is 0 Å². The summed E-state index contributed by atoms with van der Waals surface area (Å²) in [7, 11) is 0. The van der Waals surface area contributed by atoms with E-state index in [0.29, 0.717) is 12.3 Å². The lowest BCUT2D eigenvalue weighted by molar-refractivity contribution is -0.142. The largest absolute Gasteiger partial charge is 0.480 e. The monoisotopic (exact) mass is 249 g/mol. The quantitative estimate of drug-likeness (QED) is 0.838. The minimum absolute atomic E-state index is 0.323. The third kappa shape index (κ3) is 3.49. The third-order valence-corrected chi connectivity index (χ3v) is 3.09. The van der Waals surface area contributed by atoms with Gasteiger partial charge < -0.3 is 10.4 Å². The molecule has 0 aromatic heterocycles. The average Bonchev–Trinajstić information content (AvgIpc) is 2.22. The molecule has 18 heavy (non-hydrogen) atoms. The molecular formula is C15H23NO2. The first-order chi connectivity index (χ1) is 8.24. The van der Waals surface area contributed by atoms with Crippen LogP contribution >= 0.6 is 0 Å². The molecule has 2 N–H and O–H groups in total. The smallest absolute Gasteiger partial charge is 0.329 e. The Labute approximate surface area is 109 Å². The van der Waals surface area contributed by atoms with Crippen LogP contribution in [-0.2, 0) is 4.79 Å². The fourth-order valence-electron chi connectivity index (χ4n) is 2.18. The molecule has 100 valence electrons. The van der Waals surface area contributed by atoms with E-state index in [1.54, 1.807) is 6.92 Å². The SMILES string of the molecule is Cc1ccc(C)c(NC(C)(CC(C)C)C(=O)O)c1. The molecule has 0 aliphatic carbocycles. The van der Waals surface area contributed by atoms with Gasteiger partial charge in [-0.2, -0.15) is 0 Å². The van der Waals surface area contributed by atoms with E-state index in [0.717, 1.165) is 16.8 Å². The van der Waals surface area contributed by atoms with Gasteiger partial charge in [0.05, 0.1) is 0 Å². The Morgan fingerprint density at radius 2 is 2.00 bits per heavy atom. The Hall–Kier alpha value is -1.51. The summed E-state index contributed by atoms with van der Waals surface area (Å²) in [5, 5.41) is 12.6. The van der Waals surface area contributed by atoms with Gasteiger partial charge in [-0.3, -0.25) is 0 Å². The molecule has 0 heterocycles. The summed E-state index contributed by atoms with van der Waals surface area (Å²) in [6.07, 6.45) is 0.593. The minimum atomic E-state index is -0.924. The summed E-state index contributed by atoms with van der Waals surface area (Å²) in [5.41, 5.74) is 2.17. The molecule has 3 heteroatoms. The van der Waals surface area contributed by atoms with Crippen LogP contribution in [0.2, 0.25) is 0 Å². The number of rotatable bonds is 5. The van der Waals surface area contributed by atoms with Crippen LogP contribution in [0.25, 0.3) is 0 Å². The second kappa shape index (κ2) is 5.42. The number of nitrogens with one attached hydrogen (secondary N) is 1. The first kappa shape index (κ1) is 14.6. The average molecular weight is 249 g/mol.